The van der Waals surface area contributed by atoms with Gasteiger partial charge in [-0.05, 0) is 44.3 Å². The maximum absolute atomic E-state index is 3.43. The zero-order valence-corrected chi connectivity index (χ0v) is 10.1. The second-order valence-electron chi connectivity index (χ2n) is 4.94. The number of piperidine rings is 1. The number of rotatable bonds is 5. The molecule has 1 fully saturated rings. The standard InChI is InChI=1S/C12H26N2/c1-4-14(9-11(2)3)10-12-5-7-13-8-6-12/h11-13H,4-10H2,1-3H3. The summed E-state index contributed by atoms with van der Waals surface area (Å²) in [7, 11) is 0. The van der Waals surface area contributed by atoms with Crippen molar-refractivity contribution in [2.45, 2.75) is 33.6 Å². The van der Waals surface area contributed by atoms with Gasteiger partial charge in [0.25, 0.3) is 0 Å². The highest BCUT2D eigenvalue weighted by molar-refractivity contribution is 4.72. The first kappa shape index (κ1) is 12.0. The third kappa shape index (κ3) is 4.43. The molecular formula is C12H26N2. The second kappa shape index (κ2) is 6.41. The van der Waals surface area contributed by atoms with E-state index in [2.05, 4.69) is 31.0 Å². The number of hydrogen-bond acceptors (Lipinski definition) is 2. The summed E-state index contributed by atoms with van der Waals surface area (Å²) >= 11 is 0. The molecule has 1 N–H and O–H groups in total. The summed E-state index contributed by atoms with van der Waals surface area (Å²) in [5, 5.41) is 3.43. The van der Waals surface area contributed by atoms with Crippen molar-refractivity contribution in [2.75, 3.05) is 32.7 Å². The minimum Gasteiger partial charge on any atom is -0.317 e. The van der Waals surface area contributed by atoms with Crippen molar-refractivity contribution < 1.29 is 0 Å². The lowest BCUT2D eigenvalue weighted by Crippen LogP contribution is -2.37. The molecule has 0 amide bonds. The lowest BCUT2D eigenvalue weighted by Gasteiger charge is -2.30. The van der Waals surface area contributed by atoms with E-state index in [1.54, 1.807) is 0 Å². The number of nitrogens with one attached hydrogen (secondary N) is 1. The van der Waals surface area contributed by atoms with Gasteiger partial charge in [-0.25, -0.2) is 0 Å². The van der Waals surface area contributed by atoms with Gasteiger partial charge in [0.1, 0.15) is 0 Å². The average molecular weight is 198 g/mol. The normalized spacial score (nSPS) is 19.5. The van der Waals surface area contributed by atoms with Gasteiger partial charge < -0.3 is 10.2 Å². The SMILES string of the molecule is CCN(CC(C)C)CC1CCNCC1. The minimum atomic E-state index is 0.802. The Morgan fingerprint density at radius 1 is 1.29 bits per heavy atom. The molecule has 1 saturated heterocycles. The molecule has 1 aliphatic rings. The predicted molar refractivity (Wildman–Crippen MR) is 62.5 cm³/mol. The van der Waals surface area contributed by atoms with Gasteiger partial charge in [0.2, 0.25) is 0 Å². The summed E-state index contributed by atoms with van der Waals surface area (Å²) in [6, 6.07) is 0. The van der Waals surface area contributed by atoms with E-state index in [0.29, 0.717) is 0 Å². The largest absolute Gasteiger partial charge is 0.317 e. The van der Waals surface area contributed by atoms with Crippen LogP contribution in [-0.2, 0) is 0 Å². The smallest absolute Gasteiger partial charge is 0.00106 e. The predicted octanol–water partition coefficient (Wildman–Crippen LogP) is 1.96. The highest BCUT2D eigenvalue weighted by Crippen LogP contribution is 2.14. The average Bonchev–Trinajstić information content (AvgIpc) is 2.17. The Morgan fingerprint density at radius 3 is 2.43 bits per heavy atom. The van der Waals surface area contributed by atoms with Crippen LogP contribution in [0.1, 0.15) is 33.6 Å². The molecule has 0 unspecified atom stereocenters. The highest BCUT2D eigenvalue weighted by atomic mass is 15.1. The fourth-order valence-corrected chi connectivity index (χ4v) is 2.28. The van der Waals surface area contributed by atoms with Crippen LogP contribution in [0.15, 0.2) is 0 Å². The molecule has 0 aliphatic carbocycles. The van der Waals surface area contributed by atoms with Crippen LogP contribution in [0.3, 0.4) is 0 Å². The maximum atomic E-state index is 3.43. The molecular weight excluding hydrogens is 172 g/mol. The van der Waals surface area contributed by atoms with Gasteiger partial charge in [0.05, 0.1) is 0 Å². The van der Waals surface area contributed by atoms with E-state index < -0.39 is 0 Å². The summed E-state index contributed by atoms with van der Waals surface area (Å²) in [5.74, 6) is 1.74. The molecule has 0 aromatic carbocycles. The van der Waals surface area contributed by atoms with Gasteiger partial charge in [-0.2, -0.15) is 0 Å². The van der Waals surface area contributed by atoms with Crippen molar-refractivity contribution in [3.05, 3.63) is 0 Å². The Bertz CT molecular complexity index is 139. The number of hydrogen-bond donors (Lipinski definition) is 1. The molecule has 0 aromatic heterocycles. The minimum absolute atomic E-state index is 0.802. The topological polar surface area (TPSA) is 15.3 Å². The van der Waals surface area contributed by atoms with E-state index in [0.717, 1.165) is 11.8 Å². The first-order valence-electron chi connectivity index (χ1n) is 6.15. The molecule has 2 heteroatoms. The quantitative estimate of drug-likeness (QED) is 0.726. The Balaban J connectivity index is 2.23. The van der Waals surface area contributed by atoms with Crippen LogP contribution in [0.25, 0.3) is 0 Å². The lowest BCUT2D eigenvalue weighted by molar-refractivity contribution is 0.196. The van der Waals surface area contributed by atoms with Crippen molar-refractivity contribution >= 4 is 0 Å². The first-order valence-corrected chi connectivity index (χ1v) is 6.15. The summed E-state index contributed by atoms with van der Waals surface area (Å²) in [6.45, 7) is 13.1. The van der Waals surface area contributed by atoms with E-state index >= 15 is 0 Å². The van der Waals surface area contributed by atoms with Gasteiger partial charge >= 0.3 is 0 Å². The monoisotopic (exact) mass is 198 g/mol. The van der Waals surface area contributed by atoms with Crippen LogP contribution in [0.2, 0.25) is 0 Å². The van der Waals surface area contributed by atoms with Gasteiger partial charge in [-0.15, -0.1) is 0 Å². The third-order valence-electron chi connectivity index (χ3n) is 3.05. The molecule has 0 aromatic rings. The Labute approximate surface area is 89.1 Å². The van der Waals surface area contributed by atoms with E-state index in [-0.39, 0.29) is 0 Å². The van der Waals surface area contributed by atoms with Gasteiger partial charge in [-0.3, -0.25) is 0 Å². The van der Waals surface area contributed by atoms with Gasteiger partial charge in [0.15, 0.2) is 0 Å². The van der Waals surface area contributed by atoms with Crippen molar-refractivity contribution in [2.24, 2.45) is 11.8 Å². The number of nitrogens with zero attached hydrogens (tertiary/aromatic N) is 1. The summed E-state index contributed by atoms with van der Waals surface area (Å²) in [6.07, 6.45) is 2.74. The van der Waals surface area contributed by atoms with Crippen LogP contribution in [0.5, 0.6) is 0 Å². The van der Waals surface area contributed by atoms with Crippen molar-refractivity contribution in [3.63, 3.8) is 0 Å². The fraction of sp³-hybridized carbons (Fsp3) is 1.00. The first-order chi connectivity index (χ1) is 6.72. The molecule has 2 nitrogen and oxygen atoms in total. The van der Waals surface area contributed by atoms with Crippen LogP contribution in [-0.4, -0.2) is 37.6 Å². The van der Waals surface area contributed by atoms with Crippen LogP contribution in [0.4, 0.5) is 0 Å². The molecule has 14 heavy (non-hydrogen) atoms. The molecule has 1 heterocycles. The molecule has 0 saturated carbocycles. The maximum Gasteiger partial charge on any atom is 0.00106 e. The van der Waals surface area contributed by atoms with Gasteiger partial charge in [-0.1, -0.05) is 20.8 Å². The molecule has 0 bridgehead atoms. The van der Waals surface area contributed by atoms with Crippen molar-refractivity contribution in [1.29, 1.82) is 0 Å². The van der Waals surface area contributed by atoms with E-state index in [1.165, 1.54) is 45.6 Å². The fourth-order valence-electron chi connectivity index (χ4n) is 2.28. The zero-order chi connectivity index (χ0) is 10.4. The summed E-state index contributed by atoms with van der Waals surface area (Å²) in [5.41, 5.74) is 0. The van der Waals surface area contributed by atoms with E-state index in [1.807, 2.05) is 0 Å². The van der Waals surface area contributed by atoms with Crippen LogP contribution in [0, 0.1) is 11.8 Å². The Morgan fingerprint density at radius 2 is 1.93 bits per heavy atom. The van der Waals surface area contributed by atoms with Crippen LogP contribution >= 0.6 is 0 Å². The van der Waals surface area contributed by atoms with Crippen molar-refractivity contribution in [1.82, 2.24) is 10.2 Å². The molecule has 1 aliphatic heterocycles. The molecule has 0 spiro atoms. The second-order valence-corrected chi connectivity index (χ2v) is 4.94. The molecule has 0 atom stereocenters. The molecule has 0 radical (unpaired) electrons. The Kier molecular flexibility index (Phi) is 5.49. The highest BCUT2D eigenvalue weighted by Gasteiger charge is 2.16. The van der Waals surface area contributed by atoms with E-state index in [4.69, 9.17) is 0 Å². The zero-order valence-electron chi connectivity index (χ0n) is 10.1. The molecule has 84 valence electrons. The lowest BCUT2D eigenvalue weighted by atomic mass is 9.97. The van der Waals surface area contributed by atoms with Crippen LogP contribution < -0.4 is 5.32 Å². The Hall–Kier alpha value is -0.0800. The third-order valence-corrected chi connectivity index (χ3v) is 3.05. The van der Waals surface area contributed by atoms with Gasteiger partial charge in [0, 0.05) is 13.1 Å². The molecule has 1 rings (SSSR count). The van der Waals surface area contributed by atoms with Crippen molar-refractivity contribution in [3.8, 4) is 0 Å². The van der Waals surface area contributed by atoms with E-state index in [9.17, 15) is 0 Å². The summed E-state index contributed by atoms with van der Waals surface area (Å²) < 4.78 is 0. The summed E-state index contributed by atoms with van der Waals surface area (Å²) in [4.78, 5) is 2.61.